The van der Waals surface area contributed by atoms with Gasteiger partial charge in [-0.2, -0.15) is 0 Å². The maximum absolute atomic E-state index is 12.1. The van der Waals surface area contributed by atoms with E-state index in [1.54, 1.807) is 23.3 Å². The number of hydrogen-bond acceptors (Lipinski definition) is 5. The summed E-state index contributed by atoms with van der Waals surface area (Å²) < 4.78 is 6.87. The number of hydrogen-bond donors (Lipinski definition) is 1. The first kappa shape index (κ1) is 15.4. The van der Waals surface area contributed by atoms with Crippen LogP contribution in [0.3, 0.4) is 0 Å². The molecule has 0 aliphatic rings. The van der Waals surface area contributed by atoms with Gasteiger partial charge in [-0.15, -0.1) is 5.10 Å². The van der Waals surface area contributed by atoms with Gasteiger partial charge in [0.1, 0.15) is 12.1 Å². The molecule has 0 aliphatic carbocycles. The van der Waals surface area contributed by atoms with E-state index in [1.807, 2.05) is 43.3 Å². The Morgan fingerprint density at radius 2 is 2.13 bits per heavy atom. The van der Waals surface area contributed by atoms with Gasteiger partial charge < -0.3 is 9.73 Å². The minimum absolute atomic E-state index is 0.0811. The molecular weight excluding hydrogens is 312 g/mol. The predicted octanol–water partition coefficient (Wildman–Crippen LogP) is 2.66. The first-order valence-electron chi connectivity index (χ1n) is 7.16. The van der Waals surface area contributed by atoms with Crippen molar-refractivity contribution in [3.63, 3.8) is 0 Å². The maximum Gasteiger partial charge on any atom is 0.233 e. The van der Waals surface area contributed by atoms with Gasteiger partial charge in [0.25, 0.3) is 0 Å². The van der Waals surface area contributed by atoms with Crippen LogP contribution in [0.5, 0.6) is 0 Å². The fourth-order valence-electron chi connectivity index (χ4n) is 1.95. The molecule has 0 spiro atoms. The Morgan fingerprint density at radius 3 is 2.87 bits per heavy atom. The van der Waals surface area contributed by atoms with Crippen LogP contribution in [0.4, 0.5) is 0 Å². The standard InChI is InChI=1S/C16H16N4O2S/c1-12(15(21)17-10-14-8-5-9-22-14)23-16-18-11-20(19-16)13-6-3-2-4-7-13/h2-9,11-12H,10H2,1H3,(H,17,21). The van der Waals surface area contributed by atoms with Gasteiger partial charge in [0.15, 0.2) is 0 Å². The van der Waals surface area contributed by atoms with E-state index in [-0.39, 0.29) is 11.2 Å². The minimum Gasteiger partial charge on any atom is -0.467 e. The number of aromatic nitrogens is 3. The molecular formula is C16H16N4O2S. The third kappa shape index (κ3) is 4.01. The molecule has 118 valence electrons. The van der Waals surface area contributed by atoms with Crippen molar-refractivity contribution in [2.24, 2.45) is 0 Å². The molecule has 1 unspecified atom stereocenters. The van der Waals surface area contributed by atoms with Crippen LogP contribution < -0.4 is 5.32 Å². The summed E-state index contributed by atoms with van der Waals surface area (Å²) >= 11 is 1.32. The number of furan rings is 1. The second-order valence-electron chi connectivity index (χ2n) is 4.86. The molecule has 2 aromatic heterocycles. The van der Waals surface area contributed by atoms with Gasteiger partial charge in [-0.25, -0.2) is 9.67 Å². The summed E-state index contributed by atoms with van der Waals surface area (Å²) in [6.45, 7) is 2.20. The molecule has 6 nitrogen and oxygen atoms in total. The lowest BCUT2D eigenvalue weighted by Gasteiger charge is -2.08. The van der Waals surface area contributed by atoms with E-state index in [0.29, 0.717) is 11.7 Å². The monoisotopic (exact) mass is 328 g/mol. The van der Waals surface area contributed by atoms with Gasteiger partial charge in [0.05, 0.1) is 23.7 Å². The third-order valence-electron chi connectivity index (χ3n) is 3.16. The van der Waals surface area contributed by atoms with Crippen molar-refractivity contribution in [1.82, 2.24) is 20.1 Å². The Balaban J connectivity index is 1.56. The molecule has 0 bridgehead atoms. The number of nitrogens with one attached hydrogen (secondary N) is 1. The summed E-state index contributed by atoms with van der Waals surface area (Å²) in [5, 5.41) is 7.48. The number of amides is 1. The lowest BCUT2D eigenvalue weighted by atomic mass is 10.3. The topological polar surface area (TPSA) is 73.0 Å². The summed E-state index contributed by atoms with van der Waals surface area (Å²) in [7, 11) is 0. The number of para-hydroxylation sites is 1. The summed E-state index contributed by atoms with van der Waals surface area (Å²) in [4.78, 5) is 16.3. The number of carbonyl (C=O) groups is 1. The SMILES string of the molecule is CC(Sc1ncn(-c2ccccc2)n1)C(=O)NCc1ccco1. The van der Waals surface area contributed by atoms with Crippen molar-refractivity contribution in [1.29, 1.82) is 0 Å². The maximum atomic E-state index is 12.1. The second-order valence-corrected chi connectivity index (χ2v) is 6.17. The van der Waals surface area contributed by atoms with Crippen LogP contribution in [0, 0.1) is 0 Å². The third-order valence-corrected chi connectivity index (χ3v) is 4.13. The molecule has 0 saturated heterocycles. The van der Waals surface area contributed by atoms with Crippen LogP contribution in [0.1, 0.15) is 12.7 Å². The zero-order valence-corrected chi connectivity index (χ0v) is 13.4. The van der Waals surface area contributed by atoms with E-state index in [9.17, 15) is 4.79 Å². The van der Waals surface area contributed by atoms with Crippen LogP contribution in [-0.4, -0.2) is 25.9 Å². The highest BCUT2D eigenvalue weighted by Crippen LogP contribution is 2.20. The predicted molar refractivity (Wildman–Crippen MR) is 87.2 cm³/mol. The molecule has 7 heteroatoms. The fourth-order valence-corrected chi connectivity index (χ4v) is 2.70. The van der Waals surface area contributed by atoms with Crippen molar-refractivity contribution in [2.45, 2.75) is 23.9 Å². The summed E-state index contributed by atoms with van der Waals surface area (Å²) in [6.07, 6.45) is 3.23. The lowest BCUT2D eigenvalue weighted by Crippen LogP contribution is -2.30. The highest BCUT2D eigenvalue weighted by Gasteiger charge is 2.17. The first-order chi connectivity index (χ1) is 11.2. The Hall–Kier alpha value is -2.54. The molecule has 0 radical (unpaired) electrons. The summed E-state index contributed by atoms with van der Waals surface area (Å²) in [5.74, 6) is 0.643. The van der Waals surface area contributed by atoms with Crippen LogP contribution in [0.2, 0.25) is 0 Å². The zero-order chi connectivity index (χ0) is 16.1. The van der Waals surface area contributed by atoms with Gasteiger partial charge >= 0.3 is 0 Å². The molecule has 1 aromatic carbocycles. The number of carbonyl (C=O) groups excluding carboxylic acids is 1. The molecule has 3 aromatic rings. The summed E-state index contributed by atoms with van der Waals surface area (Å²) in [6, 6.07) is 13.3. The Labute approximate surface area is 137 Å². The molecule has 3 rings (SSSR count). The second kappa shape index (κ2) is 7.15. The number of nitrogens with zero attached hydrogens (tertiary/aromatic N) is 3. The van der Waals surface area contributed by atoms with Gasteiger partial charge in [0, 0.05) is 0 Å². The Bertz CT molecular complexity index is 756. The molecule has 0 aliphatic heterocycles. The highest BCUT2D eigenvalue weighted by atomic mass is 32.2. The van der Waals surface area contributed by atoms with E-state index in [4.69, 9.17) is 4.42 Å². The molecule has 1 amide bonds. The van der Waals surface area contributed by atoms with Crippen LogP contribution in [0.15, 0.2) is 64.6 Å². The summed E-state index contributed by atoms with van der Waals surface area (Å²) in [5.41, 5.74) is 0.932. The molecule has 23 heavy (non-hydrogen) atoms. The van der Waals surface area contributed by atoms with E-state index >= 15 is 0 Å². The van der Waals surface area contributed by atoms with E-state index < -0.39 is 0 Å². The van der Waals surface area contributed by atoms with Crippen molar-refractivity contribution in [2.75, 3.05) is 0 Å². The van der Waals surface area contributed by atoms with Crippen molar-refractivity contribution in [3.8, 4) is 5.69 Å². The van der Waals surface area contributed by atoms with Gasteiger partial charge in [0.2, 0.25) is 11.1 Å². The fraction of sp³-hybridized carbons (Fsp3) is 0.188. The largest absolute Gasteiger partial charge is 0.467 e. The molecule has 0 fully saturated rings. The Morgan fingerprint density at radius 1 is 1.30 bits per heavy atom. The molecule has 2 heterocycles. The number of rotatable bonds is 6. The first-order valence-corrected chi connectivity index (χ1v) is 8.04. The minimum atomic E-state index is -0.295. The van der Waals surface area contributed by atoms with Gasteiger partial charge in [-0.1, -0.05) is 30.0 Å². The average Bonchev–Trinajstić information content (AvgIpc) is 3.25. The van der Waals surface area contributed by atoms with Gasteiger partial charge in [-0.3, -0.25) is 4.79 Å². The van der Waals surface area contributed by atoms with Crippen LogP contribution in [-0.2, 0) is 11.3 Å². The molecule has 0 saturated carbocycles. The van der Waals surface area contributed by atoms with Crippen LogP contribution >= 0.6 is 11.8 Å². The van der Waals surface area contributed by atoms with Crippen molar-refractivity contribution < 1.29 is 9.21 Å². The number of benzene rings is 1. The smallest absolute Gasteiger partial charge is 0.233 e. The normalized spacial score (nSPS) is 12.0. The number of thioether (sulfide) groups is 1. The van der Waals surface area contributed by atoms with E-state index in [1.165, 1.54) is 11.8 Å². The van der Waals surface area contributed by atoms with E-state index in [0.717, 1.165) is 11.4 Å². The van der Waals surface area contributed by atoms with Gasteiger partial charge in [-0.05, 0) is 31.2 Å². The highest BCUT2D eigenvalue weighted by molar-refractivity contribution is 8.00. The van der Waals surface area contributed by atoms with Crippen molar-refractivity contribution >= 4 is 17.7 Å². The molecule has 1 atom stereocenters. The average molecular weight is 328 g/mol. The van der Waals surface area contributed by atoms with Crippen molar-refractivity contribution in [3.05, 3.63) is 60.8 Å². The quantitative estimate of drug-likeness (QED) is 0.704. The lowest BCUT2D eigenvalue weighted by molar-refractivity contribution is -0.120. The zero-order valence-electron chi connectivity index (χ0n) is 12.5. The van der Waals surface area contributed by atoms with E-state index in [2.05, 4.69) is 15.4 Å². The van der Waals surface area contributed by atoms with Crippen LogP contribution in [0.25, 0.3) is 5.69 Å². The molecule has 1 N–H and O–H groups in total. The Kier molecular flexibility index (Phi) is 4.77.